The number of aromatic amines is 1. The number of aromatic nitrogens is 2. The quantitative estimate of drug-likeness (QED) is 0.753. The largest absolute Gasteiger partial charge is 0.341 e. The smallest absolute Gasteiger partial charge is 0.120 e. The zero-order valence-corrected chi connectivity index (χ0v) is 9.53. The fourth-order valence-electron chi connectivity index (χ4n) is 1.60. The molecule has 0 aliphatic carbocycles. The number of benzene rings is 1. The van der Waals surface area contributed by atoms with Crippen LogP contribution in [0, 0.1) is 0 Å². The number of hydrogen-bond acceptors (Lipinski definition) is 2. The van der Waals surface area contributed by atoms with E-state index in [1.807, 2.05) is 24.4 Å². The lowest BCUT2D eigenvalue weighted by atomic mass is 10.2. The molecule has 1 aromatic heterocycles. The average molecular weight is 215 g/mol. The molecule has 0 atom stereocenters. The van der Waals surface area contributed by atoms with Crippen molar-refractivity contribution in [2.75, 3.05) is 6.54 Å². The van der Waals surface area contributed by atoms with Crippen LogP contribution in [0.4, 0.5) is 0 Å². The molecule has 0 spiro atoms. The molecular weight excluding hydrogens is 198 g/mol. The zero-order chi connectivity index (χ0) is 11.2. The average Bonchev–Trinajstić information content (AvgIpc) is 2.79. The summed E-state index contributed by atoms with van der Waals surface area (Å²) < 4.78 is 0. The molecule has 0 radical (unpaired) electrons. The van der Waals surface area contributed by atoms with Gasteiger partial charge in [-0.25, -0.2) is 4.98 Å². The van der Waals surface area contributed by atoms with Crippen molar-refractivity contribution < 1.29 is 0 Å². The lowest BCUT2D eigenvalue weighted by Crippen LogP contribution is -2.14. The second kappa shape index (κ2) is 5.47. The van der Waals surface area contributed by atoms with Crippen molar-refractivity contribution in [3.63, 3.8) is 0 Å². The topological polar surface area (TPSA) is 40.7 Å². The molecular formula is C13H17N3. The normalized spacial score (nSPS) is 10.6. The standard InChI is InChI=1S/C13H17N3/c1-2-8-14-10-13-15-9-12(16-13)11-6-4-3-5-7-11/h3-7,9,14H,2,8,10H2,1H3,(H,15,16). The highest BCUT2D eigenvalue weighted by molar-refractivity contribution is 5.57. The Labute approximate surface area is 95.9 Å². The summed E-state index contributed by atoms with van der Waals surface area (Å²) in [6.45, 7) is 3.99. The summed E-state index contributed by atoms with van der Waals surface area (Å²) in [4.78, 5) is 7.66. The Morgan fingerprint density at radius 3 is 2.81 bits per heavy atom. The van der Waals surface area contributed by atoms with Gasteiger partial charge in [0.2, 0.25) is 0 Å². The predicted octanol–water partition coefficient (Wildman–Crippen LogP) is 2.58. The Hall–Kier alpha value is -1.61. The van der Waals surface area contributed by atoms with E-state index in [0.717, 1.165) is 31.0 Å². The molecule has 0 bridgehead atoms. The van der Waals surface area contributed by atoms with Crippen LogP contribution in [-0.4, -0.2) is 16.5 Å². The van der Waals surface area contributed by atoms with Gasteiger partial charge in [0.05, 0.1) is 18.4 Å². The highest BCUT2D eigenvalue weighted by Gasteiger charge is 2.01. The van der Waals surface area contributed by atoms with Crippen molar-refractivity contribution in [3.8, 4) is 11.3 Å². The van der Waals surface area contributed by atoms with Crippen LogP contribution < -0.4 is 5.32 Å². The van der Waals surface area contributed by atoms with E-state index in [1.54, 1.807) is 0 Å². The van der Waals surface area contributed by atoms with E-state index in [4.69, 9.17) is 0 Å². The van der Waals surface area contributed by atoms with Gasteiger partial charge in [0, 0.05) is 0 Å². The van der Waals surface area contributed by atoms with Crippen molar-refractivity contribution in [1.29, 1.82) is 0 Å². The maximum atomic E-state index is 4.35. The van der Waals surface area contributed by atoms with Gasteiger partial charge >= 0.3 is 0 Å². The molecule has 0 amide bonds. The van der Waals surface area contributed by atoms with Gasteiger partial charge in [-0.1, -0.05) is 37.3 Å². The highest BCUT2D eigenvalue weighted by Crippen LogP contribution is 2.15. The number of nitrogens with one attached hydrogen (secondary N) is 2. The van der Waals surface area contributed by atoms with E-state index in [-0.39, 0.29) is 0 Å². The fraction of sp³-hybridized carbons (Fsp3) is 0.308. The summed E-state index contributed by atoms with van der Waals surface area (Å²) in [5, 5.41) is 3.32. The lowest BCUT2D eigenvalue weighted by molar-refractivity contribution is 0.655. The Morgan fingerprint density at radius 1 is 1.25 bits per heavy atom. The van der Waals surface area contributed by atoms with Crippen LogP contribution in [0.25, 0.3) is 11.3 Å². The maximum Gasteiger partial charge on any atom is 0.120 e. The molecule has 3 nitrogen and oxygen atoms in total. The SMILES string of the molecule is CCCNCc1ncc(-c2ccccc2)[nH]1. The van der Waals surface area contributed by atoms with Gasteiger partial charge < -0.3 is 10.3 Å². The first-order valence-corrected chi connectivity index (χ1v) is 5.70. The van der Waals surface area contributed by atoms with Crippen LogP contribution >= 0.6 is 0 Å². The van der Waals surface area contributed by atoms with Crippen molar-refractivity contribution in [2.45, 2.75) is 19.9 Å². The maximum absolute atomic E-state index is 4.35. The molecule has 0 saturated carbocycles. The fourth-order valence-corrected chi connectivity index (χ4v) is 1.60. The van der Waals surface area contributed by atoms with Gasteiger partial charge in [0.1, 0.15) is 5.82 Å². The highest BCUT2D eigenvalue weighted by atomic mass is 15.0. The van der Waals surface area contributed by atoms with Gasteiger partial charge in [-0.05, 0) is 18.5 Å². The van der Waals surface area contributed by atoms with E-state index in [9.17, 15) is 0 Å². The van der Waals surface area contributed by atoms with Crippen LogP contribution in [0.3, 0.4) is 0 Å². The Bertz CT molecular complexity index is 420. The summed E-state index contributed by atoms with van der Waals surface area (Å²) in [5.74, 6) is 0.993. The van der Waals surface area contributed by atoms with E-state index in [2.05, 4.69) is 34.3 Å². The first-order chi connectivity index (χ1) is 7.90. The number of nitrogens with zero attached hydrogens (tertiary/aromatic N) is 1. The predicted molar refractivity (Wildman–Crippen MR) is 66.0 cm³/mol. The molecule has 84 valence electrons. The van der Waals surface area contributed by atoms with Crippen LogP contribution in [0.15, 0.2) is 36.5 Å². The van der Waals surface area contributed by atoms with Gasteiger partial charge in [-0.2, -0.15) is 0 Å². The van der Waals surface area contributed by atoms with Gasteiger partial charge in [-0.15, -0.1) is 0 Å². The molecule has 0 fully saturated rings. The third-order valence-corrected chi connectivity index (χ3v) is 2.43. The van der Waals surface area contributed by atoms with Crippen LogP contribution in [0.1, 0.15) is 19.2 Å². The van der Waals surface area contributed by atoms with Crippen molar-refractivity contribution >= 4 is 0 Å². The van der Waals surface area contributed by atoms with Gasteiger partial charge in [0.25, 0.3) is 0 Å². The third kappa shape index (κ3) is 2.70. The minimum atomic E-state index is 0.806. The summed E-state index contributed by atoms with van der Waals surface area (Å²) >= 11 is 0. The molecule has 2 rings (SSSR count). The van der Waals surface area contributed by atoms with Crippen LogP contribution in [-0.2, 0) is 6.54 Å². The van der Waals surface area contributed by atoms with E-state index in [1.165, 1.54) is 5.56 Å². The van der Waals surface area contributed by atoms with Gasteiger partial charge in [-0.3, -0.25) is 0 Å². The first-order valence-electron chi connectivity index (χ1n) is 5.70. The van der Waals surface area contributed by atoms with Gasteiger partial charge in [0.15, 0.2) is 0 Å². The molecule has 0 saturated heterocycles. The molecule has 0 aliphatic heterocycles. The molecule has 3 heteroatoms. The minimum Gasteiger partial charge on any atom is -0.341 e. The summed E-state index contributed by atoms with van der Waals surface area (Å²) in [6.07, 6.45) is 3.03. The van der Waals surface area contributed by atoms with Crippen LogP contribution in [0.2, 0.25) is 0 Å². The number of hydrogen-bond donors (Lipinski definition) is 2. The summed E-state index contributed by atoms with van der Waals surface area (Å²) in [7, 11) is 0. The second-order valence-corrected chi connectivity index (χ2v) is 3.79. The van der Waals surface area contributed by atoms with E-state index < -0.39 is 0 Å². The van der Waals surface area contributed by atoms with Crippen molar-refractivity contribution in [3.05, 3.63) is 42.4 Å². The molecule has 1 heterocycles. The second-order valence-electron chi connectivity index (χ2n) is 3.79. The molecule has 0 unspecified atom stereocenters. The van der Waals surface area contributed by atoms with Crippen molar-refractivity contribution in [2.24, 2.45) is 0 Å². The molecule has 16 heavy (non-hydrogen) atoms. The number of rotatable bonds is 5. The molecule has 1 aromatic carbocycles. The summed E-state index contributed by atoms with van der Waals surface area (Å²) in [6, 6.07) is 10.2. The van der Waals surface area contributed by atoms with E-state index in [0.29, 0.717) is 0 Å². The third-order valence-electron chi connectivity index (χ3n) is 2.43. The van der Waals surface area contributed by atoms with E-state index >= 15 is 0 Å². The Balaban J connectivity index is 2.02. The van der Waals surface area contributed by atoms with Crippen LogP contribution in [0.5, 0.6) is 0 Å². The Kier molecular flexibility index (Phi) is 3.72. The lowest BCUT2D eigenvalue weighted by Gasteiger charge is -1.99. The molecule has 0 aliphatic rings. The number of H-pyrrole nitrogens is 1. The number of imidazole rings is 1. The van der Waals surface area contributed by atoms with Crippen molar-refractivity contribution in [1.82, 2.24) is 15.3 Å². The zero-order valence-electron chi connectivity index (χ0n) is 9.53. The minimum absolute atomic E-state index is 0.806. The first kappa shape index (κ1) is 10.9. The molecule has 2 N–H and O–H groups in total. The summed E-state index contributed by atoms with van der Waals surface area (Å²) in [5.41, 5.74) is 2.26. The Morgan fingerprint density at radius 2 is 2.06 bits per heavy atom. The monoisotopic (exact) mass is 215 g/mol. The molecule has 2 aromatic rings.